The van der Waals surface area contributed by atoms with E-state index >= 15 is 0 Å². The molecule has 4 rings (SSSR count). The predicted molar refractivity (Wildman–Crippen MR) is 104 cm³/mol. The molecule has 0 aliphatic carbocycles. The van der Waals surface area contributed by atoms with Gasteiger partial charge in [0.25, 0.3) is 0 Å². The Labute approximate surface area is 161 Å². The van der Waals surface area contributed by atoms with E-state index in [1.54, 1.807) is 42.9 Å². The van der Waals surface area contributed by atoms with Gasteiger partial charge in [0.05, 0.1) is 12.2 Å². The molecule has 0 atom stereocenters. The minimum atomic E-state index is -0.442. The fourth-order valence-corrected chi connectivity index (χ4v) is 3.31. The first kappa shape index (κ1) is 17.9. The molecule has 0 radical (unpaired) electrons. The average Bonchev–Trinajstić information content (AvgIpc) is 3.17. The number of nitrogens with zero attached hydrogens (tertiary/aromatic N) is 5. The molecule has 8 nitrogen and oxygen atoms in total. The van der Waals surface area contributed by atoms with Gasteiger partial charge in [-0.1, -0.05) is 6.07 Å². The van der Waals surface area contributed by atoms with Crippen molar-refractivity contribution in [3.8, 4) is 0 Å². The van der Waals surface area contributed by atoms with E-state index in [1.807, 2.05) is 4.68 Å². The molecule has 2 N–H and O–H groups in total. The zero-order valence-corrected chi connectivity index (χ0v) is 15.1. The molecule has 0 bridgehead atoms. The number of benzene rings is 1. The summed E-state index contributed by atoms with van der Waals surface area (Å²) in [4.78, 5) is 23.0. The highest BCUT2D eigenvalue weighted by atomic mass is 19.1. The topological polar surface area (TPSA) is 88.0 Å². The SMILES string of the molecule is O=C(Nc1cccc(F)c1)Nc1ccnn1C1CCN(c2ncccn2)CC1. The number of nitrogens with one attached hydrogen (secondary N) is 2. The number of hydrogen-bond donors (Lipinski definition) is 2. The number of hydrogen-bond acceptors (Lipinski definition) is 5. The number of carbonyl (C=O) groups is 1. The summed E-state index contributed by atoms with van der Waals surface area (Å²) in [6, 6.07) is 9.02. The van der Waals surface area contributed by atoms with Crippen LogP contribution in [-0.2, 0) is 0 Å². The summed E-state index contributed by atoms with van der Waals surface area (Å²) in [6.07, 6.45) is 6.85. The Morgan fingerprint density at radius 1 is 1.04 bits per heavy atom. The molecule has 1 aliphatic rings. The summed E-state index contributed by atoms with van der Waals surface area (Å²) >= 11 is 0. The van der Waals surface area contributed by atoms with Crippen LogP contribution in [0.1, 0.15) is 18.9 Å². The molecule has 1 aromatic carbocycles. The maximum Gasteiger partial charge on any atom is 0.324 e. The van der Waals surface area contributed by atoms with Gasteiger partial charge >= 0.3 is 6.03 Å². The lowest BCUT2D eigenvalue weighted by Gasteiger charge is -2.32. The second-order valence-electron chi connectivity index (χ2n) is 6.52. The monoisotopic (exact) mass is 381 g/mol. The van der Waals surface area contributed by atoms with Crippen molar-refractivity contribution in [1.29, 1.82) is 0 Å². The largest absolute Gasteiger partial charge is 0.341 e. The van der Waals surface area contributed by atoms with Crippen molar-refractivity contribution >= 4 is 23.5 Å². The van der Waals surface area contributed by atoms with Crippen LogP contribution < -0.4 is 15.5 Å². The van der Waals surface area contributed by atoms with Crippen molar-refractivity contribution in [2.45, 2.75) is 18.9 Å². The minimum Gasteiger partial charge on any atom is -0.341 e. The standard InChI is InChI=1S/C19H20FN7O/c20-14-3-1-4-15(13-14)24-19(28)25-17-5-10-23-27(17)16-6-11-26(12-7-16)18-21-8-2-9-22-18/h1-5,8-10,13,16H,6-7,11-12H2,(H2,24,25,28). The van der Waals surface area contributed by atoms with Gasteiger partial charge in [0.1, 0.15) is 11.6 Å². The van der Waals surface area contributed by atoms with E-state index in [4.69, 9.17) is 0 Å². The molecule has 1 saturated heterocycles. The molecule has 0 unspecified atom stereocenters. The number of anilines is 3. The van der Waals surface area contributed by atoms with Gasteiger partial charge in [0, 0.05) is 37.2 Å². The van der Waals surface area contributed by atoms with Crippen LogP contribution in [0.2, 0.25) is 0 Å². The maximum atomic E-state index is 13.3. The molecule has 2 aromatic heterocycles. The highest BCUT2D eigenvalue weighted by molar-refractivity contribution is 5.99. The first-order valence-electron chi connectivity index (χ1n) is 9.08. The lowest BCUT2D eigenvalue weighted by molar-refractivity contribution is 0.261. The Morgan fingerprint density at radius 3 is 2.57 bits per heavy atom. The molecule has 0 spiro atoms. The first-order chi connectivity index (χ1) is 13.7. The van der Waals surface area contributed by atoms with Crippen LogP contribution in [0.3, 0.4) is 0 Å². The van der Waals surface area contributed by atoms with Crippen molar-refractivity contribution in [1.82, 2.24) is 19.7 Å². The Morgan fingerprint density at radius 2 is 1.82 bits per heavy atom. The van der Waals surface area contributed by atoms with Crippen LogP contribution in [-0.4, -0.2) is 38.9 Å². The number of piperidine rings is 1. The molecule has 9 heteroatoms. The molecule has 2 amide bonds. The number of aromatic nitrogens is 4. The second-order valence-corrected chi connectivity index (χ2v) is 6.52. The summed E-state index contributed by atoms with van der Waals surface area (Å²) in [7, 11) is 0. The molecular weight excluding hydrogens is 361 g/mol. The Kier molecular flexibility index (Phi) is 5.14. The number of carbonyl (C=O) groups excluding carboxylic acids is 1. The first-order valence-corrected chi connectivity index (χ1v) is 9.08. The second kappa shape index (κ2) is 8.03. The molecule has 28 heavy (non-hydrogen) atoms. The van der Waals surface area contributed by atoms with E-state index in [2.05, 4.69) is 30.6 Å². The van der Waals surface area contributed by atoms with E-state index in [9.17, 15) is 9.18 Å². The van der Waals surface area contributed by atoms with Crippen LogP contribution in [0.15, 0.2) is 55.0 Å². The van der Waals surface area contributed by atoms with E-state index in [0.29, 0.717) is 11.5 Å². The van der Waals surface area contributed by atoms with Gasteiger partial charge in [-0.25, -0.2) is 23.8 Å². The zero-order chi connectivity index (χ0) is 19.3. The molecule has 1 aliphatic heterocycles. The molecule has 144 valence electrons. The molecular formula is C19H20FN7O. The van der Waals surface area contributed by atoms with Crippen LogP contribution in [0.4, 0.5) is 26.6 Å². The van der Waals surface area contributed by atoms with E-state index in [-0.39, 0.29) is 6.04 Å². The number of amides is 2. The summed E-state index contributed by atoms with van der Waals surface area (Å²) in [6.45, 7) is 1.62. The van der Waals surface area contributed by atoms with Gasteiger partial charge in [-0.3, -0.25) is 5.32 Å². The molecule has 3 heterocycles. The van der Waals surface area contributed by atoms with Gasteiger partial charge < -0.3 is 10.2 Å². The zero-order valence-electron chi connectivity index (χ0n) is 15.1. The van der Waals surface area contributed by atoms with E-state index in [0.717, 1.165) is 31.9 Å². The van der Waals surface area contributed by atoms with E-state index in [1.165, 1.54) is 12.1 Å². The summed E-state index contributed by atoms with van der Waals surface area (Å²) in [5, 5.41) is 9.79. The predicted octanol–water partition coefficient (Wildman–Crippen LogP) is 3.30. The molecule has 1 fully saturated rings. The summed E-state index contributed by atoms with van der Waals surface area (Å²) in [5.41, 5.74) is 0.389. The number of urea groups is 1. The van der Waals surface area contributed by atoms with Gasteiger partial charge in [0.15, 0.2) is 0 Å². The lowest BCUT2D eigenvalue weighted by atomic mass is 10.1. The highest BCUT2D eigenvalue weighted by Crippen LogP contribution is 2.27. The Balaban J connectivity index is 1.37. The van der Waals surface area contributed by atoms with Crippen molar-refractivity contribution in [3.63, 3.8) is 0 Å². The molecule has 3 aromatic rings. The third-order valence-corrected chi connectivity index (χ3v) is 4.64. The summed E-state index contributed by atoms with van der Waals surface area (Å²) in [5.74, 6) is 0.926. The van der Waals surface area contributed by atoms with Crippen molar-refractivity contribution in [2.24, 2.45) is 0 Å². The van der Waals surface area contributed by atoms with Crippen molar-refractivity contribution in [3.05, 3.63) is 60.8 Å². The Hall–Kier alpha value is -3.49. The van der Waals surface area contributed by atoms with Gasteiger partial charge in [-0.2, -0.15) is 5.10 Å². The quantitative estimate of drug-likeness (QED) is 0.724. The van der Waals surface area contributed by atoms with Crippen molar-refractivity contribution < 1.29 is 9.18 Å². The maximum absolute atomic E-state index is 13.3. The lowest BCUT2D eigenvalue weighted by Crippen LogP contribution is -2.36. The van der Waals surface area contributed by atoms with Gasteiger partial charge in [0.2, 0.25) is 5.95 Å². The highest BCUT2D eigenvalue weighted by Gasteiger charge is 2.24. The minimum absolute atomic E-state index is 0.166. The number of rotatable bonds is 4. The van der Waals surface area contributed by atoms with Crippen LogP contribution in [0, 0.1) is 5.82 Å². The van der Waals surface area contributed by atoms with Gasteiger partial charge in [-0.05, 0) is 37.1 Å². The average molecular weight is 381 g/mol. The summed E-state index contributed by atoms with van der Waals surface area (Å²) < 4.78 is 15.1. The van der Waals surface area contributed by atoms with E-state index < -0.39 is 11.8 Å². The van der Waals surface area contributed by atoms with Crippen molar-refractivity contribution in [2.75, 3.05) is 28.6 Å². The van der Waals surface area contributed by atoms with Crippen LogP contribution >= 0.6 is 0 Å². The Bertz CT molecular complexity index is 938. The fourth-order valence-electron chi connectivity index (χ4n) is 3.31. The van der Waals surface area contributed by atoms with Crippen LogP contribution in [0.25, 0.3) is 0 Å². The third kappa shape index (κ3) is 4.08. The molecule has 0 saturated carbocycles. The normalized spacial score (nSPS) is 14.7. The third-order valence-electron chi connectivity index (χ3n) is 4.64. The number of halogens is 1. The smallest absolute Gasteiger partial charge is 0.324 e. The van der Waals surface area contributed by atoms with Crippen LogP contribution in [0.5, 0.6) is 0 Å². The van der Waals surface area contributed by atoms with Gasteiger partial charge in [-0.15, -0.1) is 0 Å². The fraction of sp³-hybridized carbons (Fsp3) is 0.263.